The summed E-state index contributed by atoms with van der Waals surface area (Å²) in [5, 5.41) is 11.4. The lowest BCUT2D eigenvalue weighted by Gasteiger charge is -2.29. The average Bonchev–Trinajstić information content (AvgIpc) is 3.45. The number of ether oxygens (including phenoxy) is 2. The van der Waals surface area contributed by atoms with Gasteiger partial charge < -0.3 is 30.1 Å². The molecule has 3 N–H and O–H groups in total. The van der Waals surface area contributed by atoms with Crippen LogP contribution in [0.25, 0.3) is 32.2 Å². The molecule has 2 aromatic heterocycles. The van der Waals surface area contributed by atoms with Gasteiger partial charge in [-0.3, -0.25) is 0 Å². The Balaban J connectivity index is 1.52. The number of aromatic nitrogens is 3. The van der Waals surface area contributed by atoms with Crippen LogP contribution in [0.5, 0.6) is 6.01 Å². The number of hydrogen-bond donors (Lipinski definition) is 2. The van der Waals surface area contributed by atoms with Crippen LogP contribution >= 0.6 is 22.9 Å². The summed E-state index contributed by atoms with van der Waals surface area (Å²) in [6.07, 6.45) is 2.05. The molecule has 4 heterocycles. The molecule has 0 spiro atoms. The van der Waals surface area contributed by atoms with Gasteiger partial charge in [0.05, 0.1) is 35.0 Å². The molecule has 2 atom stereocenters. The second-order valence-corrected chi connectivity index (χ2v) is 12.1. The van der Waals surface area contributed by atoms with Crippen LogP contribution in [0.4, 0.5) is 19.7 Å². The fourth-order valence-corrected chi connectivity index (χ4v) is 6.51. The van der Waals surface area contributed by atoms with E-state index >= 15 is 4.39 Å². The molecular formula is C27H29ClF2N6O3S. The minimum absolute atomic E-state index is 0.00957. The number of thiazole rings is 1. The molecule has 1 unspecified atom stereocenters. The van der Waals surface area contributed by atoms with Gasteiger partial charge in [0.25, 0.3) is 0 Å². The third-order valence-electron chi connectivity index (χ3n) is 7.45. The maximum absolute atomic E-state index is 16.5. The number of likely N-dealkylation sites (tertiary alicyclic amines) is 1. The van der Waals surface area contributed by atoms with Gasteiger partial charge in [0.15, 0.2) is 10.9 Å². The number of likely N-dealkylation sites (N-methyl/N-ethyl adjacent to an activating group) is 1. The van der Waals surface area contributed by atoms with Gasteiger partial charge in [-0.05, 0) is 51.6 Å². The second kappa shape index (κ2) is 10.5. The average molecular weight is 591 g/mol. The minimum atomic E-state index is -1.16. The normalized spacial score (nSPS) is 22.4. The third kappa shape index (κ3) is 5.03. The SMILES string of the molecule is CN1CCC[C@H]1COc1nc(N2CCOCC(C)(O)C2)c2cc(Cl)c(-c3ccc(F)c4sc(N)nc34)c(F)c2n1. The molecule has 0 aliphatic carbocycles. The number of rotatable bonds is 5. The van der Waals surface area contributed by atoms with E-state index in [2.05, 4.69) is 19.9 Å². The number of fused-ring (bicyclic) bond motifs is 2. The van der Waals surface area contributed by atoms with Crippen molar-refractivity contribution in [3.63, 3.8) is 0 Å². The number of hydrogen-bond acceptors (Lipinski definition) is 10. The lowest BCUT2D eigenvalue weighted by molar-refractivity contribution is -0.0123. The van der Waals surface area contributed by atoms with Crippen molar-refractivity contribution in [1.29, 1.82) is 0 Å². The Kier molecular flexibility index (Phi) is 7.16. The Bertz CT molecular complexity index is 1600. The van der Waals surface area contributed by atoms with Crippen molar-refractivity contribution in [3.8, 4) is 17.1 Å². The summed E-state index contributed by atoms with van der Waals surface area (Å²) in [5.41, 5.74) is 5.24. The molecule has 2 aliphatic rings. The molecule has 4 aromatic rings. The summed E-state index contributed by atoms with van der Waals surface area (Å²) in [6.45, 7) is 4.10. The van der Waals surface area contributed by atoms with Gasteiger partial charge in [-0.15, -0.1) is 0 Å². The molecule has 40 heavy (non-hydrogen) atoms. The molecule has 0 radical (unpaired) electrons. The van der Waals surface area contributed by atoms with Crippen LogP contribution < -0.4 is 15.4 Å². The summed E-state index contributed by atoms with van der Waals surface area (Å²) >= 11 is 7.70. The van der Waals surface area contributed by atoms with Crippen LogP contribution in [0.15, 0.2) is 18.2 Å². The van der Waals surface area contributed by atoms with Crippen LogP contribution in [0, 0.1) is 11.6 Å². The Morgan fingerprint density at radius 2 is 2.08 bits per heavy atom. The smallest absolute Gasteiger partial charge is 0.319 e. The van der Waals surface area contributed by atoms with E-state index < -0.39 is 17.2 Å². The van der Waals surface area contributed by atoms with E-state index in [1.54, 1.807) is 13.0 Å². The summed E-state index contributed by atoms with van der Waals surface area (Å²) < 4.78 is 42.9. The van der Waals surface area contributed by atoms with Crippen molar-refractivity contribution in [2.45, 2.75) is 31.4 Å². The quantitative estimate of drug-likeness (QED) is 0.348. The number of β-amino-alcohol motifs (C(OH)–C–C–N with tert-alkyl or cyclic N) is 1. The number of nitrogens with two attached hydrogens (primary N) is 1. The predicted octanol–water partition coefficient (Wildman–Crippen LogP) is 4.48. The van der Waals surface area contributed by atoms with Gasteiger partial charge in [0.1, 0.15) is 29.4 Å². The Morgan fingerprint density at radius 1 is 1.25 bits per heavy atom. The van der Waals surface area contributed by atoms with E-state index in [1.165, 1.54) is 12.1 Å². The summed E-state index contributed by atoms with van der Waals surface area (Å²) in [7, 11) is 2.04. The topological polar surface area (TPSA) is 110 Å². The first-order valence-corrected chi connectivity index (χ1v) is 14.2. The highest BCUT2D eigenvalue weighted by molar-refractivity contribution is 7.22. The first-order valence-electron chi connectivity index (χ1n) is 13.0. The molecule has 2 aliphatic heterocycles. The lowest BCUT2D eigenvalue weighted by atomic mass is 10.0. The molecule has 212 valence electrons. The predicted molar refractivity (Wildman–Crippen MR) is 152 cm³/mol. The van der Waals surface area contributed by atoms with Crippen molar-refractivity contribution in [3.05, 3.63) is 34.9 Å². The summed E-state index contributed by atoms with van der Waals surface area (Å²) in [6, 6.07) is 4.48. The number of aliphatic hydroxyl groups is 1. The van der Waals surface area contributed by atoms with Crippen LogP contribution in [0.2, 0.25) is 5.02 Å². The zero-order valence-electron chi connectivity index (χ0n) is 22.1. The number of anilines is 2. The highest BCUT2D eigenvalue weighted by atomic mass is 35.5. The monoisotopic (exact) mass is 590 g/mol. The van der Waals surface area contributed by atoms with Crippen molar-refractivity contribution in [1.82, 2.24) is 19.9 Å². The van der Waals surface area contributed by atoms with Crippen molar-refractivity contribution in [2.75, 3.05) is 57.1 Å². The Hall–Kier alpha value is -2.90. The van der Waals surface area contributed by atoms with Crippen molar-refractivity contribution >= 4 is 55.0 Å². The standard InChI is InChI=1S/C27H29ClF2N6O3S/c1-27(37)12-36(8-9-38-13-27)24-16-10-17(28)19(15-5-6-18(29)23-22(15)32-25(31)40-23)20(30)21(16)33-26(34-24)39-11-14-4-3-7-35(14)2/h5-6,10,14,37H,3-4,7-9,11-13H2,1-2H3,(H2,31,32)/t14-,27?/m0/s1. The van der Waals surface area contributed by atoms with Crippen molar-refractivity contribution < 1.29 is 23.4 Å². The molecule has 13 heteroatoms. The lowest BCUT2D eigenvalue weighted by Crippen LogP contribution is -2.42. The molecule has 2 aromatic carbocycles. The summed E-state index contributed by atoms with van der Waals surface area (Å²) in [4.78, 5) is 17.4. The zero-order chi connectivity index (χ0) is 28.2. The van der Waals surface area contributed by atoms with Gasteiger partial charge in [0.2, 0.25) is 0 Å². The van der Waals surface area contributed by atoms with Gasteiger partial charge in [-0.1, -0.05) is 22.9 Å². The van der Waals surface area contributed by atoms with E-state index in [9.17, 15) is 9.50 Å². The van der Waals surface area contributed by atoms with Gasteiger partial charge in [-0.2, -0.15) is 9.97 Å². The molecule has 2 saturated heterocycles. The van der Waals surface area contributed by atoms with Crippen LogP contribution in [-0.2, 0) is 4.74 Å². The summed E-state index contributed by atoms with van der Waals surface area (Å²) in [5.74, 6) is -0.843. The van der Waals surface area contributed by atoms with E-state index in [0.717, 1.165) is 30.7 Å². The van der Waals surface area contributed by atoms with Crippen LogP contribution in [-0.4, -0.2) is 83.1 Å². The molecule has 0 amide bonds. The van der Waals surface area contributed by atoms with E-state index in [4.69, 9.17) is 26.8 Å². The molecular weight excluding hydrogens is 562 g/mol. The van der Waals surface area contributed by atoms with E-state index in [0.29, 0.717) is 36.5 Å². The number of nitrogen functional groups attached to an aromatic ring is 1. The Morgan fingerprint density at radius 3 is 2.85 bits per heavy atom. The van der Waals surface area contributed by atoms with Gasteiger partial charge >= 0.3 is 6.01 Å². The number of halogens is 3. The highest BCUT2D eigenvalue weighted by Gasteiger charge is 2.31. The fourth-order valence-electron chi connectivity index (χ4n) is 5.45. The maximum atomic E-state index is 16.5. The number of benzene rings is 2. The Labute approximate surface area is 238 Å². The van der Waals surface area contributed by atoms with Crippen LogP contribution in [0.3, 0.4) is 0 Å². The number of nitrogens with zero attached hydrogens (tertiary/aromatic N) is 5. The van der Waals surface area contributed by atoms with E-state index in [1.807, 2.05) is 11.9 Å². The van der Waals surface area contributed by atoms with Gasteiger partial charge in [0, 0.05) is 29.1 Å². The van der Waals surface area contributed by atoms with Crippen molar-refractivity contribution in [2.24, 2.45) is 0 Å². The molecule has 0 bridgehead atoms. The largest absolute Gasteiger partial charge is 0.462 e. The molecule has 9 nitrogen and oxygen atoms in total. The molecule has 6 rings (SSSR count). The maximum Gasteiger partial charge on any atom is 0.319 e. The van der Waals surface area contributed by atoms with Crippen LogP contribution in [0.1, 0.15) is 19.8 Å². The molecule has 2 fully saturated rings. The van der Waals surface area contributed by atoms with Gasteiger partial charge in [-0.25, -0.2) is 13.8 Å². The fraction of sp³-hybridized carbons (Fsp3) is 0.444. The first-order chi connectivity index (χ1) is 19.1. The second-order valence-electron chi connectivity index (χ2n) is 10.7. The zero-order valence-corrected chi connectivity index (χ0v) is 23.7. The highest BCUT2D eigenvalue weighted by Crippen LogP contribution is 2.42. The minimum Gasteiger partial charge on any atom is -0.462 e. The third-order valence-corrected chi connectivity index (χ3v) is 8.64. The van der Waals surface area contributed by atoms with E-state index in [-0.39, 0.29) is 56.7 Å². The first kappa shape index (κ1) is 27.3. The molecule has 0 saturated carbocycles.